The van der Waals surface area contributed by atoms with Crippen LogP contribution in [0, 0.1) is 5.92 Å². The molecule has 7 heterocycles. The Morgan fingerprint density at radius 1 is 0.700 bits per heavy atom. The largest absolute Gasteiger partial charge is 0.308 e. The summed E-state index contributed by atoms with van der Waals surface area (Å²) in [6, 6.07) is 44.9. The molecule has 0 bridgehead atoms. The summed E-state index contributed by atoms with van der Waals surface area (Å²) < 4.78 is 10.4. The van der Waals surface area contributed by atoms with Gasteiger partial charge in [-0.1, -0.05) is 88.9 Å². The van der Waals surface area contributed by atoms with Crippen molar-refractivity contribution in [2.24, 2.45) is 5.92 Å². The summed E-state index contributed by atoms with van der Waals surface area (Å²) in [7, 11) is 0. The van der Waals surface area contributed by atoms with Gasteiger partial charge in [-0.2, -0.15) is 9.13 Å². The van der Waals surface area contributed by atoms with Gasteiger partial charge in [0.2, 0.25) is 23.1 Å². The molecule has 5 aromatic carbocycles. The maximum absolute atomic E-state index is 5.04. The number of hydrogen-bond donors (Lipinski definition) is 0. The van der Waals surface area contributed by atoms with Gasteiger partial charge < -0.3 is 4.40 Å². The molecule has 5 aromatic heterocycles. The van der Waals surface area contributed by atoms with Crippen LogP contribution in [0.4, 0.5) is 0 Å². The van der Waals surface area contributed by atoms with Crippen molar-refractivity contribution in [3.05, 3.63) is 156 Å². The number of nitrogens with zero attached hydrogens (tertiary/aromatic N) is 3. The molecular formula is C56H49N3S+2. The minimum Gasteiger partial charge on any atom is -0.308 e. The van der Waals surface area contributed by atoms with Gasteiger partial charge in [-0.25, -0.2) is 0 Å². The van der Waals surface area contributed by atoms with Crippen LogP contribution in [0.15, 0.2) is 134 Å². The van der Waals surface area contributed by atoms with E-state index in [2.05, 4.69) is 162 Å². The molecule has 1 aliphatic carbocycles. The summed E-state index contributed by atoms with van der Waals surface area (Å²) in [6.07, 6.45) is 13.2. The molecule has 0 spiro atoms. The van der Waals surface area contributed by atoms with Gasteiger partial charge in [-0.05, 0) is 108 Å². The minimum atomic E-state index is 0.0762. The number of aromatic nitrogens is 3. The second kappa shape index (κ2) is 12.6. The van der Waals surface area contributed by atoms with Crippen molar-refractivity contribution >= 4 is 75.3 Å². The van der Waals surface area contributed by atoms with Gasteiger partial charge in [0.15, 0.2) is 12.4 Å². The van der Waals surface area contributed by atoms with E-state index in [9.17, 15) is 0 Å². The van der Waals surface area contributed by atoms with Crippen molar-refractivity contribution in [1.82, 2.24) is 4.40 Å². The quantitative estimate of drug-likeness (QED) is 0.155. The molecule has 1 fully saturated rings. The van der Waals surface area contributed by atoms with Crippen molar-refractivity contribution in [1.29, 1.82) is 0 Å². The maximum Gasteiger partial charge on any atom is 0.249 e. The first-order valence-corrected chi connectivity index (χ1v) is 23.1. The number of fused-ring (bicyclic) bond motifs is 19. The topological polar surface area (TPSA) is 12.2 Å². The number of pyridine rings is 2. The molecule has 2 aliphatic heterocycles. The van der Waals surface area contributed by atoms with Crippen LogP contribution in [0.2, 0.25) is 0 Å². The van der Waals surface area contributed by atoms with Crippen LogP contribution in [0.25, 0.3) is 86.5 Å². The Bertz CT molecular complexity index is 3440. The normalized spacial score (nSPS) is 18.2. The van der Waals surface area contributed by atoms with Gasteiger partial charge in [0.25, 0.3) is 0 Å². The molecule has 0 radical (unpaired) electrons. The van der Waals surface area contributed by atoms with Gasteiger partial charge in [0, 0.05) is 71.5 Å². The Labute approximate surface area is 355 Å². The lowest BCUT2D eigenvalue weighted by Crippen LogP contribution is -2.53. The number of hydrogen-bond acceptors (Lipinski definition) is 1. The Hall–Kier alpha value is -5.84. The molecule has 0 amide bonds. The minimum absolute atomic E-state index is 0.0762. The Balaban J connectivity index is 1.12. The van der Waals surface area contributed by atoms with Crippen LogP contribution < -0.4 is 9.13 Å². The first-order chi connectivity index (χ1) is 29.3. The van der Waals surface area contributed by atoms with Crippen LogP contribution >= 0.6 is 11.3 Å². The monoisotopic (exact) mass is 795 g/mol. The van der Waals surface area contributed by atoms with E-state index in [1.54, 1.807) is 0 Å². The van der Waals surface area contributed by atoms with Crippen LogP contribution in [-0.4, -0.2) is 4.40 Å². The molecular weight excluding hydrogens is 747 g/mol. The molecule has 2 unspecified atom stereocenters. The van der Waals surface area contributed by atoms with Crippen molar-refractivity contribution < 1.29 is 9.13 Å². The van der Waals surface area contributed by atoms with Crippen LogP contribution in [0.1, 0.15) is 87.1 Å². The zero-order chi connectivity index (χ0) is 40.0. The van der Waals surface area contributed by atoms with Gasteiger partial charge in [0.1, 0.15) is 0 Å². The third-order valence-corrected chi connectivity index (χ3v) is 16.1. The number of aryl methyl sites for hydroxylation is 1. The highest BCUT2D eigenvalue weighted by Crippen LogP contribution is 2.50. The number of allylic oxidation sites excluding steroid dienone is 1. The summed E-state index contributed by atoms with van der Waals surface area (Å²) in [5, 5.41) is 8.20. The zero-order valence-electron chi connectivity index (χ0n) is 34.8. The van der Waals surface area contributed by atoms with Crippen LogP contribution in [0.3, 0.4) is 0 Å². The molecule has 0 saturated heterocycles. The number of para-hydroxylation sites is 1. The third-order valence-electron chi connectivity index (χ3n) is 14.9. The Morgan fingerprint density at radius 2 is 1.53 bits per heavy atom. The fourth-order valence-corrected chi connectivity index (χ4v) is 13.2. The van der Waals surface area contributed by atoms with E-state index in [0.717, 1.165) is 30.9 Å². The third kappa shape index (κ3) is 4.89. The van der Waals surface area contributed by atoms with Crippen LogP contribution in [0.5, 0.6) is 0 Å². The molecule has 1 saturated carbocycles. The van der Waals surface area contributed by atoms with E-state index in [4.69, 9.17) is 6.58 Å². The lowest BCUT2D eigenvalue weighted by atomic mass is 9.78. The average molecular weight is 796 g/mol. The van der Waals surface area contributed by atoms with Crippen molar-refractivity contribution in [3.63, 3.8) is 0 Å². The van der Waals surface area contributed by atoms with E-state index in [1.165, 1.54) is 129 Å². The summed E-state index contributed by atoms with van der Waals surface area (Å²) in [4.78, 5) is 0. The van der Waals surface area contributed by atoms with Gasteiger partial charge in [0.05, 0.1) is 28.0 Å². The lowest BCUT2D eigenvalue weighted by Gasteiger charge is -2.29. The molecule has 3 nitrogen and oxygen atoms in total. The average Bonchev–Trinajstić information content (AvgIpc) is 4.06. The van der Waals surface area contributed by atoms with E-state index in [1.807, 2.05) is 11.3 Å². The van der Waals surface area contributed by atoms with Crippen molar-refractivity contribution in [2.45, 2.75) is 83.1 Å². The number of benzene rings is 5. The second-order valence-electron chi connectivity index (χ2n) is 19.3. The Kier molecular flexibility index (Phi) is 7.34. The van der Waals surface area contributed by atoms with Gasteiger partial charge >= 0.3 is 0 Å². The lowest BCUT2D eigenvalue weighted by molar-refractivity contribution is -0.727. The summed E-state index contributed by atoms with van der Waals surface area (Å²) in [5.41, 5.74) is 16.1. The fourth-order valence-electron chi connectivity index (χ4n) is 12.0. The molecule has 3 aliphatic rings. The highest BCUT2D eigenvalue weighted by Gasteiger charge is 2.46. The van der Waals surface area contributed by atoms with E-state index in [0.29, 0.717) is 0 Å². The molecule has 13 rings (SSSR count). The smallest absolute Gasteiger partial charge is 0.249 e. The highest BCUT2D eigenvalue weighted by atomic mass is 32.1. The highest BCUT2D eigenvalue weighted by molar-refractivity contribution is 7.26. The van der Waals surface area contributed by atoms with Gasteiger partial charge in [-0.3, -0.25) is 0 Å². The van der Waals surface area contributed by atoms with E-state index in [-0.39, 0.29) is 17.4 Å². The predicted octanol–water partition coefficient (Wildman–Crippen LogP) is 13.9. The number of rotatable bonds is 2. The summed E-state index contributed by atoms with van der Waals surface area (Å²) >= 11 is 1.96. The Morgan fingerprint density at radius 3 is 2.42 bits per heavy atom. The predicted molar refractivity (Wildman–Crippen MR) is 251 cm³/mol. The van der Waals surface area contributed by atoms with Crippen molar-refractivity contribution in [3.8, 4) is 22.5 Å². The van der Waals surface area contributed by atoms with Gasteiger partial charge in [-0.15, -0.1) is 11.3 Å². The summed E-state index contributed by atoms with van der Waals surface area (Å²) in [5.74, 6) is 1.05. The first-order valence-electron chi connectivity index (χ1n) is 22.2. The molecule has 0 N–H and O–H groups in total. The maximum atomic E-state index is 5.04. The fraction of sp³-hybridized carbons (Fsp3) is 0.250. The van der Waals surface area contributed by atoms with Crippen molar-refractivity contribution in [2.75, 3.05) is 0 Å². The molecule has 10 aromatic rings. The molecule has 2 atom stereocenters. The second-order valence-corrected chi connectivity index (χ2v) is 20.3. The first kappa shape index (κ1) is 35.0. The molecule has 292 valence electrons. The van der Waals surface area contributed by atoms with E-state index >= 15 is 0 Å². The van der Waals surface area contributed by atoms with Crippen LogP contribution in [-0.2, 0) is 18.3 Å². The molecule has 60 heavy (non-hydrogen) atoms. The zero-order valence-corrected chi connectivity index (χ0v) is 35.6. The number of thiophene rings is 1. The SMILES string of the molecule is C=C1C2C(CCc3cc4c(cc3-c3cc(CC5CCCC5)cc[n+]31)c1cc3c5cc(C(C)(C)C)ccc5sc3c3c5ccccc5n4c13)c1ccccc1-c1cccc[n+]12. The molecule has 4 heteroatoms. The summed E-state index contributed by atoms with van der Waals surface area (Å²) in [6.45, 7) is 12.0. The standard InChI is InChI=1S/C56H49N3S/c1-33-53-40(38-15-7-8-16-39(38)47-18-11-12-25-58(47)53)22-20-36-29-50-43(31-42(36)49-28-35(24-26-57(33)49)27-34-13-5-6-14-34)45-32-46-44-30-37(56(2,3)4)21-23-51(44)60-55(46)52-41-17-9-10-19-48(41)59(50)54(45)52/h7-12,15-19,21,23-26,28-32,34,40,53H,1,5-6,13-14,20,22,27H2,2-4H3/q+2. The van der Waals surface area contributed by atoms with E-state index < -0.39 is 0 Å².